The summed E-state index contributed by atoms with van der Waals surface area (Å²) in [5.41, 5.74) is 0.631. The Morgan fingerprint density at radius 3 is 2.23 bits per heavy atom. The maximum Gasteiger partial charge on any atom is 0.335 e. The lowest BCUT2D eigenvalue weighted by Gasteiger charge is -2.54. The second-order valence-electron chi connectivity index (χ2n) is 9.80. The molecule has 2 bridgehead atoms. The van der Waals surface area contributed by atoms with Gasteiger partial charge in [0.25, 0.3) is 0 Å². The van der Waals surface area contributed by atoms with Crippen LogP contribution >= 0.6 is 0 Å². The van der Waals surface area contributed by atoms with E-state index in [2.05, 4.69) is 13.8 Å². The Labute approximate surface area is 186 Å². The number of carbonyl (C=O) groups excluding carboxylic acids is 1. The minimum atomic E-state index is -1.04. The minimum Gasteiger partial charge on any atom is -0.420 e. The first-order chi connectivity index (χ1) is 15.0. The molecule has 1 aromatic carbocycles. The number of hydrogen-bond acceptors (Lipinski definition) is 2. The van der Waals surface area contributed by atoms with Crippen LogP contribution in [0.5, 0.6) is 5.75 Å². The normalized spacial score (nSPS) is 25.3. The Balaban J connectivity index is 1.64. The van der Waals surface area contributed by atoms with Gasteiger partial charge < -0.3 is 4.74 Å². The fraction of sp³-hybridized carbons (Fsp3) is 0.667. The SMILES string of the molecule is CCCCC/C=C/C(=O)Oc1ccc(C23CCC(CCCCC)(CC2)CC3)c(F)c1F. The lowest BCUT2D eigenvalue weighted by Crippen LogP contribution is -2.44. The molecular weight excluding hydrogens is 394 g/mol. The van der Waals surface area contributed by atoms with E-state index >= 15 is 4.39 Å². The van der Waals surface area contributed by atoms with Crippen LogP contribution in [-0.4, -0.2) is 5.97 Å². The third kappa shape index (κ3) is 5.56. The van der Waals surface area contributed by atoms with Gasteiger partial charge in [-0.2, -0.15) is 4.39 Å². The van der Waals surface area contributed by atoms with E-state index in [4.69, 9.17) is 4.74 Å². The van der Waals surface area contributed by atoms with Gasteiger partial charge in [0.05, 0.1) is 0 Å². The van der Waals surface area contributed by atoms with Crippen LogP contribution in [-0.2, 0) is 10.2 Å². The van der Waals surface area contributed by atoms with Crippen molar-refractivity contribution >= 4 is 5.97 Å². The molecule has 4 heteroatoms. The zero-order chi connectivity index (χ0) is 22.3. The van der Waals surface area contributed by atoms with Crippen LogP contribution in [0.4, 0.5) is 8.78 Å². The summed E-state index contributed by atoms with van der Waals surface area (Å²) in [5, 5.41) is 0. The lowest BCUT2D eigenvalue weighted by molar-refractivity contribution is -0.129. The van der Waals surface area contributed by atoms with Crippen molar-refractivity contribution in [2.24, 2.45) is 5.41 Å². The molecule has 172 valence electrons. The Bertz CT molecular complexity index is 759. The van der Waals surface area contributed by atoms with Crippen LogP contribution in [0.25, 0.3) is 0 Å². The van der Waals surface area contributed by atoms with E-state index < -0.39 is 17.6 Å². The molecule has 3 aliphatic carbocycles. The van der Waals surface area contributed by atoms with E-state index in [-0.39, 0.29) is 11.2 Å². The highest BCUT2D eigenvalue weighted by atomic mass is 19.2. The summed E-state index contributed by atoms with van der Waals surface area (Å²) < 4.78 is 35.0. The van der Waals surface area contributed by atoms with Crippen molar-refractivity contribution in [1.82, 2.24) is 0 Å². The van der Waals surface area contributed by atoms with Crippen molar-refractivity contribution in [2.45, 2.75) is 109 Å². The predicted molar refractivity (Wildman–Crippen MR) is 121 cm³/mol. The van der Waals surface area contributed by atoms with Crippen LogP contribution in [0.2, 0.25) is 0 Å². The highest BCUT2D eigenvalue weighted by Crippen LogP contribution is 2.60. The number of carbonyl (C=O) groups is 1. The molecular formula is C27H38F2O2. The van der Waals surface area contributed by atoms with Crippen molar-refractivity contribution in [2.75, 3.05) is 0 Å². The molecule has 0 aromatic heterocycles. The van der Waals surface area contributed by atoms with Gasteiger partial charge in [-0.3, -0.25) is 0 Å². The van der Waals surface area contributed by atoms with Crippen molar-refractivity contribution in [3.05, 3.63) is 41.5 Å². The van der Waals surface area contributed by atoms with E-state index in [0.29, 0.717) is 11.0 Å². The van der Waals surface area contributed by atoms with Crippen LogP contribution < -0.4 is 4.74 Å². The average Bonchev–Trinajstić information content (AvgIpc) is 2.78. The molecule has 2 nitrogen and oxygen atoms in total. The van der Waals surface area contributed by atoms with Gasteiger partial charge in [0.2, 0.25) is 5.82 Å². The first-order valence-corrected chi connectivity index (χ1v) is 12.3. The standard InChI is InChI=1S/C27H38F2O2/c1-3-5-7-8-9-11-23(30)31-22-13-12-21(24(28)25(22)29)27-18-15-26(16-19-27,17-20-27)14-10-6-4-2/h9,11-13H,3-8,10,14-20H2,1-2H3/b11-9+. The van der Waals surface area contributed by atoms with E-state index in [1.807, 2.05) is 0 Å². The molecule has 0 spiro atoms. The Morgan fingerprint density at radius 2 is 1.58 bits per heavy atom. The monoisotopic (exact) mass is 432 g/mol. The molecule has 4 rings (SSSR count). The molecule has 0 unspecified atom stereocenters. The van der Waals surface area contributed by atoms with E-state index in [0.717, 1.165) is 64.2 Å². The molecule has 3 saturated carbocycles. The largest absolute Gasteiger partial charge is 0.420 e. The number of hydrogen-bond donors (Lipinski definition) is 0. The summed E-state index contributed by atoms with van der Waals surface area (Å²) in [4.78, 5) is 12.0. The number of ether oxygens (including phenoxy) is 1. The van der Waals surface area contributed by atoms with E-state index in [1.165, 1.54) is 37.8 Å². The van der Waals surface area contributed by atoms with Crippen LogP contribution in [0, 0.1) is 17.0 Å². The lowest BCUT2D eigenvalue weighted by atomic mass is 9.51. The summed E-state index contributed by atoms with van der Waals surface area (Å²) in [6, 6.07) is 3.09. The molecule has 3 aliphatic rings. The number of rotatable bonds is 11. The zero-order valence-electron chi connectivity index (χ0n) is 19.3. The molecule has 0 atom stereocenters. The van der Waals surface area contributed by atoms with E-state index in [9.17, 15) is 9.18 Å². The number of halogens is 2. The first kappa shape index (κ1) is 23.9. The van der Waals surface area contributed by atoms with Crippen molar-refractivity contribution < 1.29 is 18.3 Å². The maximum absolute atomic E-state index is 15.1. The van der Waals surface area contributed by atoms with Gasteiger partial charge in [-0.05, 0) is 80.2 Å². The van der Waals surface area contributed by atoms with Gasteiger partial charge in [-0.1, -0.05) is 58.1 Å². The highest BCUT2D eigenvalue weighted by Gasteiger charge is 2.50. The van der Waals surface area contributed by atoms with Gasteiger partial charge in [-0.25, -0.2) is 9.18 Å². The molecule has 0 N–H and O–H groups in total. The Hall–Kier alpha value is -1.71. The smallest absolute Gasteiger partial charge is 0.335 e. The topological polar surface area (TPSA) is 26.3 Å². The Kier molecular flexibility index (Phi) is 8.30. The molecule has 0 heterocycles. The van der Waals surface area contributed by atoms with Crippen molar-refractivity contribution in [3.8, 4) is 5.75 Å². The Morgan fingerprint density at radius 1 is 0.935 bits per heavy atom. The fourth-order valence-electron chi connectivity index (χ4n) is 5.65. The summed E-state index contributed by atoms with van der Waals surface area (Å²) in [6.07, 6.45) is 18.2. The highest BCUT2D eigenvalue weighted by molar-refractivity contribution is 5.84. The predicted octanol–water partition coefficient (Wildman–Crippen LogP) is 8.18. The van der Waals surface area contributed by atoms with Gasteiger partial charge >= 0.3 is 5.97 Å². The molecule has 1 aromatic rings. The zero-order valence-corrected chi connectivity index (χ0v) is 19.3. The average molecular weight is 433 g/mol. The van der Waals surface area contributed by atoms with Crippen LogP contribution in [0.1, 0.15) is 109 Å². The van der Waals surface area contributed by atoms with Crippen LogP contribution in [0.3, 0.4) is 0 Å². The molecule has 0 amide bonds. The van der Waals surface area contributed by atoms with E-state index in [1.54, 1.807) is 12.1 Å². The third-order valence-electron chi connectivity index (χ3n) is 7.77. The molecule has 0 aliphatic heterocycles. The molecule has 31 heavy (non-hydrogen) atoms. The summed E-state index contributed by atoms with van der Waals surface area (Å²) >= 11 is 0. The molecule has 0 saturated heterocycles. The summed E-state index contributed by atoms with van der Waals surface area (Å²) in [6.45, 7) is 4.34. The van der Waals surface area contributed by atoms with Crippen molar-refractivity contribution in [1.29, 1.82) is 0 Å². The minimum absolute atomic E-state index is 0.265. The summed E-state index contributed by atoms with van der Waals surface area (Å²) in [5.74, 6) is -2.85. The van der Waals surface area contributed by atoms with Gasteiger partial charge in [0, 0.05) is 6.08 Å². The second kappa shape index (κ2) is 10.7. The number of benzene rings is 1. The van der Waals surface area contributed by atoms with Crippen molar-refractivity contribution in [3.63, 3.8) is 0 Å². The summed E-state index contributed by atoms with van der Waals surface area (Å²) in [7, 11) is 0. The number of unbranched alkanes of at least 4 members (excludes halogenated alkanes) is 5. The van der Waals surface area contributed by atoms with Crippen LogP contribution in [0.15, 0.2) is 24.3 Å². The van der Waals surface area contributed by atoms with Gasteiger partial charge in [0.15, 0.2) is 11.6 Å². The van der Waals surface area contributed by atoms with Gasteiger partial charge in [0.1, 0.15) is 0 Å². The third-order valence-corrected chi connectivity index (χ3v) is 7.77. The quantitative estimate of drug-likeness (QED) is 0.152. The molecule has 0 radical (unpaired) electrons. The maximum atomic E-state index is 15.1. The number of allylic oxidation sites excluding steroid dienone is 1. The molecule has 3 fully saturated rings. The second-order valence-corrected chi connectivity index (χ2v) is 9.80. The first-order valence-electron chi connectivity index (χ1n) is 12.3. The number of fused-ring (bicyclic) bond motifs is 3. The fourth-order valence-corrected chi connectivity index (χ4v) is 5.65. The van der Waals surface area contributed by atoms with Gasteiger partial charge in [-0.15, -0.1) is 0 Å². The number of esters is 1.